The fourth-order valence-electron chi connectivity index (χ4n) is 3.70. The number of carbonyl (C=O) groups excluding carboxylic acids is 2. The van der Waals surface area contributed by atoms with E-state index in [1.165, 1.54) is 7.05 Å². The highest BCUT2D eigenvalue weighted by molar-refractivity contribution is 7.92. The van der Waals surface area contributed by atoms with Crippen LogP contribution < -0.4 is 14.9 Å². The summed E-state index contributed by atoms with van der Waals surface area (Å²) in [6, 6.07) is 16.3. The van der Waals surface area contributed by atoms with Gasteiger partial charge < -0.3 is 25.3 Å². The van der Waals surface area contributed by atoms with Crippen LogP contribution in [0.4, 0.5) is 6.01 Å². The number of anilines is 1. The number of rotatable bonds is 12. The number of aromatic nitrogens is 1. The largest absolute Gasteiger partial charge is 0.430 e. The Balaban J connectivity index is 1.83. The number of nitrogens with one attached hydrogen (secondary N) is 2. The number of nitriles is 1. The molecule has 206 valence electrons. The predicted molar refractivity (Wildman–Crippen MR) is 141 cm³/mol. The molecule has 0 radical (unpaired) electrons. The molecule has 3 rings (SSSR count). The van der Waals surface area contributed by atoms with Gasteiger partial charge in [-0.25, -0.2) is 12.7 Å². The molecule has 0 aliphatic carbocycles. The molecule has 12 nitrogen and oxygen atoms in total. The second-order valence-electron chi connectivity index (χ2n) is 8.80. The molecule has 0 unspecified atom stereocenters. The zero-order chi connectivity index (χ0) is 28.6. The van der Waals surface area contributed by atoms with Crippen LogP contribution in [0.1, 0.15) is 32.8 Å². The molecular weight excluding hydrogens is 526 g/mol. The van der Waals surface area contributed by atoms with Gasteiger partial charge in [0.25, 0.3) is 11.8 Å². The third kappa shape index (κ3) is 7.87. The SMILES string of the molecule is CN(c1nc(C(=O)N[C@@H](Cc2ccccc2)[C@@H](O)[C@H](O)[C@@H](CC#N)NC(=O)c2ccccc2)co1)S(C)(=O)=O. The molecule has 13 heteroatoms. The minimum atomic E-state index is -3.69. The molecule has 0 bridgehead atoms. The van der Waals surface area contributed by atoms with Gasteiger partial charge in [-0.2, -0.15) is 10.2 Å². The zero-order valence-corrected chi connectivity index (χ0v) is 22.1. The van der Waals surface area contributed by atoms with E-state index >= 15 is 0 Å². The molecule has 0 saturated heterocycles. The number of hydrogen-bond acceptors (Lipinski definition) is 9. The maximum Gasteiger partial charge on any atom is 0.311 e. The second kappa shape index (κ2) is 13.0. The average Bonchev–Trinajstić information content (AvgIpc) is 3.42. The first-order valence-electron chi connectivity index (χ1n) is 11.8. The highest BCUT2D eigenvalue weighted by Crippen LogP contribution is 2.17. The summed E-state index contributed by atoms with van der Waals surface area (Å²) in [6.07, 6.45) is -1.60. The van der Waals surface area contributed by atoms with Crippen molar-refractivity contribution in [1.29, 1.82) is 5.26 Å². The smallest absolute Gasteiger partial charge is 0.311 e. The number of aliphatic hydroxyl groups is 2. The van der Waals surface area contributed by atoms with E-state index in [0.717, 1.165) is 22.4 Å². The quantitative estimate of drug-likeness (QED) is 0.251. The highest BCUT2D eigenvalue weighted by atomic mass is 32.2. The Bertz CT molecular complexity index is 1410. The van der Waals surface area contributed by atoms with Crippen molar-refractivity contribution < 1.29 is 32.6 Å². The lowest BCUT2D eigenvalue weighted by Crippen LogP contribution is -2.56. The molecule has 2 amide bonds. The van der Waals surface area contributed by atoms with E-state index < -0.39 is 46.1 Å². The molecule has 1 aromatic heterocycles. The Labute approximate surface area is 225 Å². The van der Waals surface area contributed by atoms with Gasteiger partial charge in [0.05, 0.1) is 30.8 Å². The maximum absolute atomic E-state index is 13.0. The van der Waals surface area contributed by atoms with E-state index in [0.29, 0.717) is 5.56 Å². The Morgan fingerprint density at radius 2 is 1.56 bits per heavy atom. The lowest BCUT2D eigenvalue weighted by atomic mass is 9.92. The van der Waals surface area contributed by atoms with Crippen molar-refractivity contribution in [1.82, 2.24) is 15.6 Å². The van der Waals surface area contributed by atoms with Crippen LogP contribution in [0.25, 0.3) is 0 Å². The minimum Gasteiger partial charge on any atom is -0.430 e. The Kier molecular flexibility index (Phi) is 9.78. The summed E-state index contributed by atoms with van der Waals surface area (Å²) in [6.45, 7) is 0. The summed E-state index contributed by atoms with van der Waals surface area (Å²) in [5, 5.41) is 36.7. The normalized spacial score (nSPS) is 14.3. The number of nitrogens with zero attached hydrogens (tertiary/aromatic N) is 3. The van der Waals surface area contributed by atoms with Crippen molar-refractivity contribution >= 4 is 27.9 Å². The van der Waals surface area contributed by atoms with Crippen molar-refractivity contribution in [2.75, 3.05) is 17.6 Å². The lowest BCUT2D eigenvalue weighted by molar-refractivity contribution is -0.0212. The number of sulfonamides is 1. The van der Waals surface area contributed by atoms with E-state index in [-0.39, 0.29) is 24.6 Å². The Morgan fingerprint density at radius 3 is 2.15 bits per heavy atom. The Morgan fingerprint density at radius 1 is 1.00 bits per heavy atom. The molecule has 4 atom stereocenters. The molecule has 4 N–H and O–H groups in total. The third-order valence-corrected chi connectivity index (χ3v) is 7.10. The van der Waals surface area contributed by atoms with Gasteiger partial charge in [-0.1, -0.05) is 48.5 Å². The zero-order valence-electron chi connectivity index (χ0n) is 21.3. The molecular formula is C26H29N5O7S. The number of hydrogen-bond donors (Lipinski definition) is 4. The summed E-state index contributed by atoms with van der Waals surface area (Å²) in [5.74, 6) is -1.35. The molecule has 0 spiro atoms. The van der Waals surface area contributed by atoms with Crippen molar-refractivity contribution in [3.8, 4) is 6.07 Å². The van der Waals surface area contributed by atoms with Gasteiger partial charge in [-0.3, -0.25) is 9.59 Å². The standard InChI is InChI=1S/C26H29N5O7S/c1-31(39(2,36)37)26-30-21(16-38-26)25(35)29-20(15-17-9-5-3-6-10-17)23(33)22(32)19(13-14-27)28-24(34)18-11-7-4-8-12-18/h3-12,16,19-20,22-23,32-33H,13,15H2,1-2H3,(H,28,34)(H,29,35)/t19-,20+,22-,23-/m1/s1. The fourth-order valence-corrected chi connectivity index (χ4v) is 4.06. The van der Waals surface area contributed by atoms with Crippen molar-refractivity contribution in [2.24, 2.45) is 0 Å². The van der Waals surface area contributed by atoms with E-state index in [1.807, 2.05) is 6.07 Å². The molecule has 39 heavy (non-hydrogen) atoms. The van der Waals surface area contributed by atoms with E-state index in [4.69, 9.17) is 4.42 Å². The first-order chi connectivity index (χ1) is 18.5. The monoisotopic (exact) mass is 555 g/mol. The first kappa shape index (κ1) is 29.3. The van der Waals surface area contributed by atoms with Crippen molar-refractivity contribution in [3.05, 3.63) is 83.7 Å². The van der Waals surface area contributed by atoms with Crippen molar-refractivity contribution in [2.45, 2.75) is 37.1 Å². The number of amides is 2. The van der Waals surface area contributed by atoms with E-state index in [9.17, 15) is 33.5 Å². The van der Waals surface area contributed by atoms with E-state index in [1.54, 1.807) is 60.7 Å². The van der Waals surface area contributed by atoms with Crippen LogP contribution in [0.5, 0.6) is 0 Å². The van der Waals surface area contributed by atoms with Gasteiger partial charge in [0.1, 0.15) is 18.5 Å². The Hall–Kier alpha value is -4.25. The first-order valence-corrected chi connectivity index (χ1v) is 13.7. The molecule has 0 fully saturated rings. The topological polar surface area (TPSA) is 186 Å². The number of carbonyl (C=O) groups is 2. The van der Waals surface area contributed by atoms with Crippen LogP contribution in [-0.2, 0) is 16.4 Å². The molecule has 3 aromatic rings. The van der Waals surface area contributed by atoms with Gasteiger partial charge in [0.15, 0.2) is 5.69 Å². The second-order valence-corrected chi connectivity index (χ2v) is 10.8. The molecule has 0 aliphatic rings. The van der Waals surface area contributed by atoms with Gasteiger partial charge in [0, 0.05) is 12.6 Å². The van der Waals surface area contributed by atoms with Gasteiger partial charge in [-0.15, -0.1) is 0 Å². The van der Waals surface area contributed by atoms with Crippen molar-refractivity contribution in [3.63, 3.8) is 0 Å². The molecule has 0 saturated carbocycles. The van der Waals surface area contributed by atoms with Crippen LogP contribution >= 0.6 is 0 Å². The van der Waals surface area contributed by atoms with Crippen LogP contribution in [0.2, 0.25) is 0 Å². The molecule has 0 aliphatic heterocycles. The van der Waals surface area contributed by atoms with Crippen LogP contribution in [0, 0.1) is 11.3 Å². The summed E-state index contributed by atoms with van der Waals surface area (Å²) in [5.41, 5.74) is 0.764. The van der Waals surface area contributed by atoms with E-state index in [2.05, 4.69) is 15.6 Å². The summed E-state index contributed by atoms with van der Waals surface area (Å²) in [4.78, 5) is 29.6. The van der Waals surface area contributed by atoms with Gasteiger partial charge >= 0.3 is 6.01 Å². The van der Waals surface area contributed by atoms with Gasteiger partial charge in [-0.05, 0) is 24.1 Å². The average molecular weight is 556 g/mol. The van der Waals surface area contributed by atoms with Gasteiger partial charge in [0.2, 0.25) is 10.0 Å². The van der Waals surface area contributed by atoms with Crippen LogP contribution in [0.15, 0.2) is 71.3 Å². The number of oxazole rings is 1. The maximum atomic E-state index is 13.0. The molecule has 2 aromatic carbocycles. The summed E-state index contributed by atoms with van der Waals surface area (Å²) in [7, 11) is -2.48. The third-order valence-electron chi connectivity index (χ3n) is 5.94. The van der Waals surface area contributed by atoms with Crippen LogP contribution in [0.3, 0.4) is 0 Å². The summed E-state index contributed by atoms with van der Waals surface area (Å²) >= 11 is 0. The molecule has 1 heterocycles. The minimum absolute atomic E-state index is 0.0741. The highest BCUT2D eigenvalue weighted by Gasteiger charge is 2.35. The predicted octanol–water partition coefficient (Wildman–Crippen LogP) is 0.846. The van der Waals surface area contributed by atoms with Crippen LogP contribution in [-0.4, -0.2) is 73.0 Å². The fraction of sp³-hybridized carbons (Fsp3) is 0.308. The number of aliphatic hydroxyl groups excluding tert-OH is 2. The number of benzene rings is 2. The summed E-state index contributed by atoms with van der Waals surface area (Å²) < 4.78 is 29.4. The lowest BCUT2D eigenvalue weighted by Gasteiger charge is -2.32.